The van der Waals surface area contributed by atoms with Crippen LogP contribution in [0.15, 0.2) is 41.8 Å². The number of aryl methyl sites for hydroxylation is 1. The third-order valence-electron chi connectivity index (χ3n) is 2.84. The second-order valence-corrected chi connectivity index (χ2v) is 5.25. The Labute approximate surface area is 120 Å². The highest BCUT2D eigenvalue weighted by molar-refractivity contribution is 7.13. The van der Waals surface area contributed by atoms with Crippen LogP contribution in [-0.4, -0.2) is 26.8 Å². The third kappa shape index (κ3) is 2.85. The molecular weight excluding hydrogens is 272 g/mol. The van der Waals surface area contributed by atoms with Gasteiger partial charge in [0.05, 0.1) is 11.4 Å². The molecule has 2 heterocycles. The predicted octanol–water partition coefficient (Wildman–Crippen LogP) is 2.79. The third-order valence-corrected chi connectivity index (χ3v) is 3.70. The van der Waals surface area contributed by atoms with Gasteiger partial charge < -0.3 is 4.74 Å². The Balaban J connectivity index is 1.58. The van der Waals surface area contributed by atoms with Crippen LogP contribution in [0.1, 0.15) is 5.56 Å². The molecule has 0 saturated heterocycles. The molecule has 0 amide bonds. The molecule has 0 N–H and O–H groups in total. The number of nitrogens with zero attached hydrogens (tertiary/aromatic N) is 4. The smallest absolute Gasteiger partial charge is 0.214 e. The van der Waals surface area contributed by atoms with Crippen LogP contribution in [0.2, 0.25) is 0 Å². The fourth-order valence-corrected chi connectivity index (χ4v) is 2.45. The van der Waals surface area contributed by atoms with Crippen LogP contribution in [0.3, 0.4) is 0 Å². The van der Waals surface area contributed by atoms with E-state index in [1.165, 1.54) is 0 Å². The summed E-state index contributed by atoms with van der Waals surface area (Å²) in [5.41, 5.74) is 1.12. The normalized spacial score (nSPS) is 10.7. The maximum atomic E-state index is 5.71. The van der Waals surface area contributed by atoms with E-state index in [-0.39, 0.29) is 0 Å². The quantitative estimate of drug-likeness (QED) is 0.723. The van der Waals surface area contributed by atoms with Crippen LogP contribution >= 0.6 is 11.3 Å². The van der Waals surface area contributed by atoms with E-state index >= 15 is 0 Å². The predicted molar refractivity (Wildman–Crippen MR) is 77.8 cm³/mol. The summed E-state index contributed by atoms with van der Waals surface area (Å²) in [6.45, 7) is 3.12. The van der Waals surface area contributed by atoms with Gasteiger partial charge in [-0.2, -0.15) is 4.80 Å². The molecule has 0 aliphatic rings. The van der Waals surface area contributed by atoms with E-state index in [1.807, 2.05) is 48.7 Å². The van der Waals surface area contributed by atoms with Gasteiger partial charge in [-0.05, 0) is 35.2 Å². The Morgan fingerprint density at radius 1 is 1.20 bits per heavy atom. The van der Waals surface area contributed by atoms with Gasteiger partial charge in [0.15, 0.2) is 0 Å². The molecule has 3 aromatic rings. The maximum absolute atomic E-state index is 5.71. The van der Waals surface area contributed by atoms with Crippen molar-refractivity contribution in [1.29, 1.82) is 0 Å². The largest absolute Gasteiger partial charge is 0.491 e. The number of aromatic nitrogens is 4. The van der Waals surface area contributed by atoms with Gasteiger partial charge in [0.1, 0.15) is 12.4 Å². The molecule has 0 saturated carbocycles. The van der Waals surface area contributed by atoms with Gasteiger partial charge in [-0.1, -0.05) is 24.3 Å². The van der Waals surface area contributed by atoms with E-state index < -0.39 is 0 Å². The molecule has 6 heteroatoms. The van der Waals surface area contributed by atoms with Gasteiger partial charge in [-0.15, -0.1) is 21.5 Å². The van der Waals surface area contributed by atoms with Crippen molar-refractivity contribution in [2.24, 2.45) is 0 Å². The lowest BCUT2D eigenvalue weighted by Gasteiger charge is -2.07. The van der Waals surface area contributed by atoms with Gasteiger partial charge in [0.25, 0.3) is 0 Å². The minimum atomic E-state index is 0.519. The van der Waals surface area contributed by atoms with Crippen molar-refractivity contribution in [1.82, 2.24) is 20.2 Å². The summed E-state index contributed by atoms with van der Waals surface area (Å²) < 4.78 is 5.71. The summed E-state index contributed by atoms with van der Waals surface area (Å²) in [6, 6.07) is 11.9. The van der Waals surface area contributed by atoms with Crippen LogP contribution in [0, 0.1) is 6.92 Å². The Morgan fingerprint density at radius 3 is 2.90 bits per heavy atom. The molecule has 0 atom stereocenters. The lowest BCUT2D eigenvalue weighted by atomic mass is 10.2. The van der Waals surface area contributed by atoms with Gasteiger partial charge in [-0.25, -0.2) is 0 Å². The molecular formula is C14H14N4OS. The number of rotatable bonds is 5. The van der Waals surface area contributed by atoms with Crippen LogP contribution in [0.25, 0.3) is 10.7 Å². The van der Waals surface area contributed by atoms with Gasteiger partial charge in [0.2, 0.25) is 5.82 Å². The maximum Gasteiger partial charge on any atom is 0.214 e. The first-order valence-electron chi connectivity index (χ1n) is 6.33. The van der Waals surface area contributed by atoms with E-state index in [0.29, 0.717) is 19.0 Å². The Morgan fingerprint density at radius 2 is 2.10 bits per heavy atom. The summed E-state index contributed by atoms with van der Waals surface area (Å²) in [7, 11) is 0. The van der Waals surface area contributed by atoms with Gasteiger partial charge >= 0.3 is 0 Å². The number of para-hydroxylation sites is 1. The van der Waals surface area contributed by atoms with Crippen molar-refractivity contribution in [2.45, 2.75) is 13.5 Å². The van der Waals surface area contributed by atoms with Crippen molar-refractivity contribution >= 4 is 11.3 Å². The molecule has 0 aliphatic carbocycles. The molecule has 0 aliphatic heterocycles. The second kappa shape index (κ2) is 5.83. The summed E-state index contributed by atoms with van der Waals surface area (Å²) in [5, 5.41) is 14.4. The number of hydrogen-bond acceptors (Lipinski definition) is 5. The molecule has 3 rings (SSSR count). The molecule has 0 radical (unpaired) electrons. The van der Waals surface area contributed by atoms with Gasteiger partial charge in [0, 0.05) is 0 Å². The fraction of sp³-hybridized carbons (Fsp3) is 0.214. The summed E-state index contributed by atoms with van der Waals surface area (Å²) in [5.74, 6) is 1.56. The average Bonchev–Trinajstić information content (AvgIpc) is 3.11. The zero-order valence-electron chi connectivity index (χ0n) is 11.1. The molecule has 0 bridgehead atoms. The van der Waals surface area contributed by atoms with Crippen LogP contribution in [0.4, 0.5) is 0 Å². The van der Waals surface area contributed by atoms with E-state index in [4.69, 9.17) is 4.74 Å². The molecule has 0 fully saturated rings. The monoisotopic (exact) mass is 286 g/mol. The molecule has 1 aromatic carbocycles. The number of ether oxygens (including phenoxy) is 1. The van der Waals surface area contributed by atoms with Crippen molar-refractivity contribution in [3.63, 3.8) is 0 Å². The van der Waals surface area contributed by atoms with Crippen molar-refractivity contribution in [3.8, 4) is 16.5 Å². The minimum Gasteiger partial charge on any atom is -0.491 e. The minimum absolute atomic E-state index is 0.519. The Bertz CT molecular complexity index is 678. The first kappa shape index (κ1) is 12.8. The second-order valence-electron chi connectivity index (χ2n) is 4.30. The molecule has 2 aromatic heterocycles. The highest BCUT2D eigenvalue weighted by atomic mass is 32.1. The molecule has 102 valence electrons. The first-order valence-corrected chi connectivity index (χ1v) is 7.21. The number of thiophene rings is 1. The van der Waals surface area contributed by atoms with Crippen molar-refractivity contribution in [2.75, 3.05) is 6.61 Å². The zero-order chi connectivity index (χ0) is 13.8. The molecule has 0 spiro atoms. The Kier molecular flexibility index (Phi) is 3.73. The lowest BCUT2D eigenvalue weighted by Crippen LogP contribution is -2.11. The number of hydrogen-bond donors (Lipinski definition) is 0. The Hall–Kier alpha value is -2.21. The lowest BCUT2D eigenvalue weighted by molar-refractivity contribution is 0.279. The van der Waals surface area contributed by atoms with Crippen molar-refractivity contribution < 1.29 is 4.74 Å². The molecule has 0 unspecified atom stereocenters. The fourth-order valence-electron chi connectivity index (χ4n) is 1.80. The molecule has 5 nitrogen and oxygen atoms in total. The number of benzene rings is 1. The van der Waals surface area contributed by atoms with E-state index in [2.05, 4.69) is 15.4 Å². The summed E-state index contributed by atoms with van der Waals surface area (Å²) in [4.78, 5) is 2.59. The number of tetrazole rings is 1. The van der Waals surface area contributed by atoms with Crippen LogP contribution in [-0.2, 0) is 6.54 Å². The average molecular weight is 286 g/mol. The standard InChI is InChI=1S/C14H14N4OS/c1-11-5-2-3-6-12(11)19-9-8-18-16-14(15-17-18)13-7-4-10-20-13/h2-7,10H,8-9H2,1H3. The SMILES string of the molecule is Cc1ccccc1OCCn1nnc(-c2cccs2)n1. The topological polar surface area (TPSA) is 52.8 Å². The van der Waals surface area contributed by atoms with Crippen LogP contribution in [0.5, 0.6) is 5.75 Å². The zero-order valence-corrected chi connectivity index (χ0v) is 11.9. The van der Waals surface area contributed by atoms with Crippen LogP contribution < -0.4 is 4.74 Å². The first-order chi connectivity index (χ1) is 9.83. The van der Waals surface area contributed by atoms with E-state index in [1.54, 1.807) is 16.1 Å². The van der Waals surface area contributed by atoms with Gasteiger partial charge in [-0.3, -0.25) is 0 Å². The summed E-state index contributed by atoms with van der Waals surface area (Å²) in [6.07, 6.45) is 0. The highest BCUT2D eigenvalue weighted by Crippen LogP contribution is 2.19. The van der Waals surface area contributed by atoms with Crippen molar-refractivity contribution in [3.05, 3.63) is 47.3 Å². The molecule has 20 heavy (non-hydrogen) atoms. The van der Waals surface area contributed by atoms with E-state index in [0.717, 1.165) is 16.2 Å². The summed E-state index contributed by atoms with van der Waals surface area (Å²) >= 11 is 1.60. The highest BCUT2D eigenvalue weighted by Gasteiger charge is 2.06. The van der Waals surface area contributed by atoms with E-state index in [9.17, 15) is 0 Å².